The second-order valence-corrected chi connectivity index (χ2v) is 7.05. The van der Waals surface area contributed by atoms with Crippen LogP contribution in [0.3, 0.4) is 0 Å². The molecule has 2 aromatic carbocycles. The Morgan fingerprint density at radius 3 is 1.85 bits per heavy atom. The first kappa shape index (κ1) is 25.1. The van der Waals surface area contributed by atoms with Crippen molar-refractivity contribution in [3.05, 3.63) is 72.3 Å². The fraction of sp³-hybridized carbons (Fsp3) is 0.200. The van der Waals surface area contributed by atoms with Crippen LogP contribution >= 0.6 is 0 Å². The van der Waals surface area contributed by atoms with E-state index in [1.54, 1.807) is 36.4 Å². The number of esters is 4. The van der Waals surface area contributed by atoms with Crippen LogP contribution in [0.2, 0.25) is 0 Å². The van der Waals surface area contributed by atoms with Crippen LogP contribution in [0.15, 0.2) is 66.8 Å². The molecule has 0 amide bonds. The minimum Gasteiger partial charge on any atom is -0.459 e. The van der Waals surface area contributed by atoms with Crippen LogP contribution in [-0.2, 0) is 23.9 Å². The van der Waals surface area contributed by atoms with E-state index in [9.17, 15) is 19.2 Å². The summed E-state index contributed by atoms with van der Waals surface area (Å²) in [5.41, 5.74) is 2.14. The molecule has 8 heteroatoms. The van der Waals surface area contributed by atoms with Gasteiger partial charge in [0, 0.05) is 18.1 Å². The molecule has 0 aliphatic rings. The standard InChI is InChI=1S/C25H24O8/c1-15(2)23(27)30-12-13-31-25(29)19-8-6-18(7-9-19)20-10-11-21(33-24(28)16(3)4)22(14-20)32-17(5)26/h6-11,14H,1,3,12-13H2,2,4-5H3. The van der Waals surface area contributed by atoms with Crippen molar-refractivity contribution >= 4 is 23.9 Å². The Morgan fingerprint density at radius 2 is 1.27 bits per heavy atom. The van der Waals surface area contributed by atoms with Crippen molar-refractivity contribution in [1.82, 2.24) is 0 Å². The van der Waals surface area contributed by atoms with Gasteiger partial charge in [-0.2, -0.15) is 0 Å². The molecule has 0 aromatic heterocycles. The predicted molar refractivity (Wildman–Crippen MR) is 120 cm³/mol. The second kappa shape index (κ2) is 11.4. The normalized spacial score (nSPS) is 10.0. The third kappa shape index (κ3) is 7.46. The summed E-state index contributed by atoms with van der Waals surface area (Å²) in [6, 6.07) is 11.2. The van der Waals surface area contributed by atoms with Crippen LogP contribution < -0.4 is 9.47 Å². The van der Waals surface area contributed by atoms with Crippen LogP contribution in [0.25, 0.3) is 11.1 Å². The van der Waals surface area contributed by atoms with Gasteiger partial charge < -0.3 is 18.9 Å². The fourth-order valence-electron chi connectivity index (χ4n) is 2.47. The molecule has 0 bridgehead atoms. The molecule has 0 radical (unpaired) electrons. The lowest BCUT2D eigenvalue weighted by Gasteiger charge is -2.12. The third-order valence-electron chi connectivity index (χ3n) is 4.10. The monoisotopic (exact) mass is 452 g/mol. The lowest BCUT2D eigenvalue weighted by molar-refractivity contribution is -0.140. The van der Waals surface area contributed by atoms with Crippen molar-refractivity contribution in [2.24, 2.45) is 0 Å². The van der Waals surface area contributed by atoms with Gasteiger partial charge in [-0.15, -0.1) is 0 Å². The summed E-state index contributed by atoms with van der Waals surface area (Å²) in [5, 5.41) is 0. The number of carbonyl (C=O) groups is 4. The molecule has 0 spiro atoms. The van der Waals surface area contributed by atoms with Crippen LogP contribution in [0.1, 0.15) is 31.1 Å². The Bertz CT molecular complexity index is 1100. The minimum atomic E-state index is -0.645. The highest BCUT2D eigenvalue weighted by Crippen LogP contribution is 2.33. The molecule has 0 saturated carbocycles. The van der Waals surface area contributed by atoms with Crippen LogP contribution in [0, 0.1) is 0 Å². The number of hydrogen-bond acceptors (Lipinski definition) is 8. The summed E-state index contributed by atoms with van der Waals surface area (Å²) in [5.74, 6) is -2.20. The average molecular weight is 452 g/mol. The van der Waals surface area contributed by atoms with Crippen LogP contribution in [0.5, 0.6) is 11.5 Å². The molecular formula is C25H24O8. The van der Waals surface area contributed by atoms with Gasteiger partial charge in [0.15, 0.2) is 11.5 Å². The van der Waals surface area contributed by atoms with Gasteiger partial charge in [-0.05, 0) is 49.2 Å². The van der Waals surface area contributed by atoms with E-state index in [1.807, 2.05) is 0 Å². The van der Waals surface area contributed by atoms with Gasteiger partial charge in [-0.25, -0.2) is 14.4 Å². The van der Waals surface area contributed by atoms with Crippen molar-refractivity contribution in [2.45, 2.75) is 20.8 Å². The Balaban J connectivity index is 2.11. The number of hydrogen-bond donors (Lipinski definition) is 0. The molecule has 2 aromatic rings. The average Bonchev–Trinajstić information content (AvgIpc) is 2.77. The van der Waals surface area contributed by atoms with E-state index in [2.05, 4.69) is 13.2 Å². The third-order valence-corrected chi connectivity index (χ3v) is 4.10. The molecule has 0 unspecified atom stereocenters. The summed E-state index contributed by atoms with van der Waals surface area (Å²) in [6.07, 6.45) is 0. The molecule has 0 fully saturated rings. The van der Waals surface area contributed by atoms with Crippen molar-refractivity contribution in [2.75, 3.05) is 13.2 Å². The van der Waals surface area contributed by atoms with E-state index in [0.717, 1.165) is 0 Å². The van der Waals surface area contributed by atoms with Gasteiger partial charge in [-0.3, -0.25) is 4.79 Å². The van der Waals surface area contributed by atoms with Gasteiger partial charge in [0.25, 0.3) is 0 Å². The fourth-order valence-corrected chi connectivity index (χ4v) is 2.47. The summed E-state index contributed by atoms with van der Waals surface area (Å²) in [4.78, 5) is 46.8. The Hall–Kier alpha value is -4.20. The number of carbonyl (C=O) groups excluding carboxylic acids is 4. The quantitative estimate of drug-likeness (QED) is 0.243. The van der Waals surface area contributed by atoms with Gasteiger partial charge >= 0.3 is 23.9 Å². The molecule has 8 nitrogen and oxygen atoms in total. The SMILES string of the molecule is C=C(C)C(=O)OCCOC(=O)c1ccc(-c2ccc(OC(=O)C(=C)C)c(OC(C)=O)c2)cc1. The molecule has 0 aliphatic carbocycles. The summed E-state index contributed by atoms with van der Waals surface area (Å²) < 4.78 is 20.3. The number of ether oxygens (including phenoxy) is 4. The predicted octanol–water partition coefficient (Wildman–Crippen LogP) is 4.04. The Kier molecular flexibility index (Phi) is 8.68. The first-order valence-electron chi connectivity index (χ1n) is 9.89. The highest BCUT2D eigenvalue weighted by atomic mass is 16.6. The zero-order valence-corrected chi connectivity index (χ0v) is 18.6. The zero-order chi connectivity index (χ0) is 24.5. The van der Waals surface area contributed by atoms with Gasteiger partial charge in [0.05, 0.1) is 5.56 Å². The van der Waals surface area contributed by atoms with E-state index >= 15 is 0 Å². The second-order valence-electron chi connectivity index (χ2n) is 7.05. The molecule has 0 N–H and O–H groups in total. The molecule has 2 rings (SSSR count). The number of benzene rings is 2. The van der Waals surface area contributed by atoms with E-state index < -0.39 is 23.9 Å². The topological polar surface area (TPSA) is 105 Å². The summed E-state index contributed by atoms with van der Waals surface area (Å²) in [7, 11) is 0. The van der Waals surface area contributed by atoms with E-state index in [4.69, 9.17) is 18.9 Å². The lowest BCUT2D eigenvalue weighted by Crippen LogP contribution is -2.14. The molecule has 172 valence electrons. The summed E-state index contributed by atoms with van der Waals surface area (Å²) in [6.45, 7) is 11.1. The maximum atomic E-state index is 12.2. The lowest BCUT2D eigenvalue weighted by atomic mass is 10.0. The maximum absolute atomic E-state index is 12.2. The van der Waals surface area contributed by atoms with Crippen LogP contribution in [-0.4, -0.2) is 37.1 Å². The molecular weight excluding hydrogens is 428 g/mol. The largest absolute Gasteiger partial charge is 0.459 e. The Morgan fingerprint density at radius 1 is 0.697 bits per heavy atom. The van der Waals surface area contributed by atoms with Crippen LogP contribution in [0.4, 0.5) is 0 Å². The van der Waals surface area contributed by atoms with Crippen molar-refractivity contribution < 1.29 is 38.1 Å². The molecule has 0 saturated heterocycles. The highest BCUT2D eigenvalue weighted by Gasteiger charge is 2.15. The van der Waals surface area contributed by atoms with E-state index in [1.165, 1.54) is 26.8 Å². The van der Waals surface area contributed by atoms with Gasteiger partial charge in [0.2, 0.25) is 0 Å². The first-order valence-corrected chi connectivity index (χ1v) is 9.89. The zero-order valence-electron chi connectivity index (χ0n) is 18.6. The minimum absolute atomic E-state index is 0.0717. The maximum Gasteiger partial charge on any atom is 0.338 e. The van der Waals surface area contributed by atoms with E-state index in [0.29, 0.717) is 16.7 Å². The Labute approximate surface area is 191 Å². The molecule has 0 heterocycles. The van der Waals surface area contributed by atoms with Gasteiger partial charge in [0.1, 0.15) is 13.2 Å². The van der Waals surface area contributed by atoms with Crippen molar-refractivity contribution in [3.63, 3.8) is 0 Å². The molecule has 0 aliphatic heterocycles. The first-order chi connectivity index (χ1) is 15.6. The number of rotatable bonds is 9. The van der Waals surface area contributed by atoms with E-state index in [-0.39, 0.29) is 35.9 Å². The molecule has 33 heavy (non-hydrogen) atoms. The molecule has 0 atom stereocenters. The summed E-state index contributed by atoms with van der Waals surface area (Å²) >= 11 is 0. The highest BCUT2D eigenvalue weighted by molar-refractivity contribution is 5.91. The van der Waals surface area contributed by atoms with Crippen molar-refractivity contribution in [1.29, 1.82) is 0 Å². The van der Waals surface area contributed by atoms with Crippen molar-refractivity contribution in [3.8, 4) is 22.6 Å². The smallest absolute Gasteiger partial charge is 0.338 e. The van der Waals surface area contributed by atoms with Gasteiger partial charge in [-0.1, -0.05) is 31.4 Å².